The molecule has 4 fully saturated rings. The van der Waals surface area contributed by atoms with Crippen molar-refractivity contribution in [3.8, 4) is 0 Å². The van der Waals surface area contributed by atoms with Gasteiger partial charge in [-0.1, -0.05) is 93.6 Å². The predicted octanol–water partition coefficient (Wildman–Crippen LogP) is 4.18. The molecule has 2 aromatic carbocycles. The summed E-state index contributed by atoms with van der Waals surface area (Å²) in [6.45, 7) is 7.83. The number of carbonyl (C=O) groups is 1. The second-order valence-electron chi connectivity index (χ2n) is 13.2. The van der Waals surface area contributed by atoms with Gasteiger partial charge in [-0.05, 0) is 46.3 Å². The Bertz CT molecular complexity index is 1380. The molecule has 9 rings (SSSR count). The van der Waals surface area contributed by atoms with Crippen molar-refractivity contribution < 1.29 is 28.2 Å². The summed E-state index contributed by atoms with van der Waals surface area (Å²) in [7, 11) is -2.92. The summed E-state index contributed by atoms with van der Waals surface area (Å²) in [5.74, 6) is -1.20. The van der Waals surface area contributed by atoms with Crippen molar-refractivity contribution >= 4 is 24.7 Å². The average Bonchev–Trinajstić information content (AvgIpc) is 3.71. The van der Waals surface area contributed by atoms with E-state index in [1.807, 2.05) is 0 Å². The maximum absolute atomic E-state index is 14.3. The molecule has 5 heterocycles. The van der Waals surface area contributed by atoms with Crippen LogP contribution in [0.1, 0.15) is 46.5 Å². The molecular formula is C33H36O6Si. The fourth-order valence-corrected chi connectivity index (χ4v) is 13.6. The Labute approximate surface area is 236 Å². The Morgan fingerprint density at radius 1 is 0.925 bits per heavy atom. The lowest BCUT2D eigenvalue weighted by Crippen LogP contribution is -2.70. The maximum Gasteiger partial charge on any atom is 0.320 e. The van der Waals surface area contributed by atoms with Gasteiger partial charge in [0.05, 0.1) is 19.3 Å². The van der Waals surface area contributed by atoms with E-state index in [2.05, 4.69) is 99.7 Å². The van der Waals surface area contributed by atoms with E-state index in [0.29, 0.717) is 26.1 Å². The van der Waals surface area contributed by atoms with Crippen LogP contribution in [-0.2, 0) is 28.2 Å². The van der Waals surface area contributed by atoms with Crippen LogP contribution in [0.5, 0.6) is 0 Å². The molecular weight excluding hydrogens is 520 g/mol. The van der Waals surface area contributed by atoms with Crippen molar-refractivity contribution in [3.63, 3.8) is 0 Å². The average molecular weight is 557 g/mol. The van der Waals surface area contributed by atoms with Crippen LogP contribution in [0.2, 0.25) is 5.04 Å². The molecule has 0 unspecified atom stereocenters. The Morgan fingerprint density at radius 3 is 2.20 bits per heavy atom. The fourth-order valence-electron chi connectivity index (χ4n) is 8.82. The minimum Gasteiger partial charge on any atom is -0.448 e. The zero-order chi connectivity index (χ0) is 27.4. The molecule has 5 atom stereocenters. The molecule has 6 nitrogen and oxygen atoms in total. The molecule has 208 valence electrons. The summed E-state index contributed by atoms with van der Waals surface area (Å²) in [5, 5.41) is 2.21. The summed E-state index contributed by atoms with van der Waals surface area (Å²) in [4.78, 5) is 14.3. The highest BCUT2D eigenvalue weighted by Gasteiger charge is 2.82. The first kappa shape index (κ1) is 25.2. The second-order valence-corrected chi connectivity index (χ2v) is 17.5. The highest BCUT2D eigenvalue weighted by Crippen LogP contribution is 2.69. The molecule has 7 heteroatoms. The first-order chi connectivity index (χ1) is 19.2. The van der Waals surface area contributed by atoms with E-state index >= 15 is 0 Å². The van der Waals surface area contributed by atoms with E-state index in [0.717, 1.165) is 18.4 Å². The quantitative estimate of drug-likeness (QED) is 0.320. The lowest BCUT2D eigenvalue weighted by atomic mass is 9.68. The van der Waals surface area contributed by atoms with Gasteiger partial charge in [-0.25, -0.2) is 0 Å². The molecule has 40 heavy (non-hydrogen) atoms. The van der Waals surface area contributed by atoms with E-state index in [1.54, 1.807) is 0 Å². The molecule has 2 saturated carbocycles. The standard InChI is InChI=1S/C33H36O6Si/c1-29(2,3)40(24-10-6-4-7-11-24,25-12-8-5-9-13-25)39-27-15-14-23-22-30-18-19-32(35-20-21-36-32)31(30)17-16-26(37-31)33(23,27)38-28(30)34/h4-13,16-17,22,26-27H,14-15,18-21H2,1-3H3/t26-,27+,30-,31+,33+/m1/s1. The van der Waals surface area contributed by atoms with Crippen LogP contribution in [-0.4, -0.2) is 56.7 Å². The number of rotatable bonds is 4. The van der Waals surface area contributed by atoms with Crippen LogP contribution in [0.4, 0.5) is 0 Å². The van der Waals surface area contributed by atoms with Crippen molar-refractivity contribution in [2.24, 2.45) is 5.41 Å². The van der Waals surface area contributed by atoms with Gasteiger partial charge in [-0.3, -0.25) is 4.79 Å². The minimum atomic E-state index is -2.92. The Balaban J connectivity index is 1.30. The monoisotopic (exact) mass is 556 g/mol. The number of hydrogen-bond donors (Lipinski definition) is 0. The highest BCUT2D eigenvalue weighted by molar-refractivity contribution is 6.99. The van der Waals surface area contributed by atoms with Gasteiger partial charge in [0.2, 0.25) is 5.79 Å². The molecule has 4 bridgehead atoms. The Morgan fingerprint density at radius 2 is 1.57 bits per heavy atom. The normalized spacial score (nSPS) is 36.9. The Hall–Kier alpha value is -2.55. The lowest BCUT2D eigenvalue weighted by Gasteiger charge is -2.49. The molecule has 0 amide bonds. The highest BCUT2D eigenvalue weighted by atomic mass is 28.4. The largest absolute Gasteiger partial charge is 0.448 e. The summed E-state index contributed by atoms with van der Waals surface area (Å²) in [6.07, 6.45) is 8.24. The molecule has 2 aliphatic carbocycles. The van der Waals surface area contributed by atoms with E-state index in [1.165, 1.54) is 10.4 Å². The van der Waals surface area contributed by atoms with Crippen molar-refractivity contribution in [3.05, 3.63) is 84.5 Å². The first-order valence-electron chi connectivity index (χ1n) is 14.6. The first-order valence-corrected chi connectivity index (χ1v) is 16.5. The van der Waals surface area contributed by atoms with Gasteiger partial charge in [0, 0.05) is 6.42 Å². The van der Waals surface area contributed by atoms with Crippen molar-refractivity contribution in [1.29, 1.82) is 0 Å². The zero-order valence-electron chi connectivity index (χ0n) is 23.4. The van der Waals surface area contributed by atoms with E-state index < -0.39 is 36.8 Å². The van der Waals surface area contributed by atoms with Gasteiger partial charge in [-0.2, -0.15) is 0 Å². The molecule has 5 aliphatic heterocycles. The number of benzene rings is 2. The van der Waals surface area contributed by atoms with Gasteiger partial charge in [0.1, 0.15) is 11.5 Å². The van der Waals surface area contributed by atoms with Gasteiger partial charge >= 0.3 is 5.97 Å². The predicted molar refractivity (Wildman–Crippen MR) is 152 cm³/mol. The lowest BCUT2D eigenvalue weighted by molar-refractivity contribution is -0.267. The smallest absolute Gasteiger partial charge is 0.320 e. The number of ether oxygens (including phenoxy) is 4. The topological polar surface area (TPSA) is 63.2 Å². The molecule has 2 aromatic rings. The number of carbonyl (C=O) groups excluding carboxylic acids is 1. The summed E-state index contributed by atoms with van der Waals surface area (Å²) < 4.78 is 33.9. The summed E-state index contributed by atoms with van der Waals surface area (Å²) in [6, 6.07) is 21.3. The van der Waals surface area contributed by atoms with Gasteiger partial charge in [0.15, 0.2) is 11.2 Å². The van der Waals surface area contributed by atoms with Crippen LogP contribution < -0.4 is 10.4 Å². The van der Waals surface area contributed by atoms with Gasteiger partial charge < -0.3 is 23.4 Å². The van der Waals surface area contributed by atoms with Crippen LogP contribution in [0.25, 0.3) is 0 Å². The SMILES string of the molecule is CC(C)(C)[Si](O[C@H]1CCC2=C[C@@]34CCC5(OCCO5)[C@]35C=C[C@@H](O5)[C@@]21OC4=O)(c1ccccc1)c1ccccc1. The van der Waals surface area contributed by atoms with Crippen LogP contribution in [0.15, 0.2) is 84.5 Å². The van der Waals surface area contributed by atoms with E-state index in [4.69, 9.17) is 23.4 Å². The number of fused-ring (bicyclic) bond motifs is 1. The molecule has 4 spiro atoms. The maximum atomic E-state index is 14.3. The third-order valence-corrected chi connectivity index (χ3v) is 15.6. The molecule has 2 saturated heterocycles. The number of hydrogen-bond acceptors (Lipinski definition) is 6. The third-order valence-electron chi connectivity index (χ3n) is 10.5. The second kappa shape index (κ2) is 8.05. The molecule has 0 radical (unpaired) electrons. The minimum absolute atomic E-state index is 0.205. The fraction of sp³-hybridized carbons (Fsp3) is 0.485. The van der Waals surface area contributed by atoms with E-state index in [-0.39, 0.29) is 17.1 Å². The van der Waals surface area contributed by atoms with Crippen LogP contribution in [0, 0.1) is 5.41 Å². The van der Waals surface area contributed by atoms with Crippen LogP contribution in [0.3, 0.4) is 0 Å². The summed E-state index contributed by atoms with van der Waals surface area (Å²) >= 11 is 0. The summed E-state index contributed by atoms with van der Waals surface area (Å²) in [5.41, 5.74) is -1.87. The van der Waals surface area contributed by atoms with Gasteiger partial charge in [0.25, 0.3) is 8.32 Å². The van der Waals surface area contributed by atoms with E-state index in [9.17, 15) is 4.79 Å². The van der Waals surface area contributed by atoms with Crippen molar-refractivity contribution in [1.82, 2.24) is 0 Å². The van der Waals surface area contributed by atoms with Crippen molar-refractivity contribution in [2.45, 2.75) is 80.7 Å². The van der Waals surface area contributed by atoms with Crippen LogP contribution >= 0.6 is 0 Å². The molecule has 0 aromatic heterocycles. The zero-order valence-corrected chi connectivity index (χ0v) is 24.4. The molecule has 7 aliphatic rings. The third kappa shape index (κ3) is 2.76. The number of esters is 1. The van der Waals surface area contributed by atoms with Gasteiger partial charge in [-0.15, -0.1) is 0 Å². The Kier molecular flexibility index (Phi) is 5.06. The molecule has 0 N–H and O–H groups in total. The van der Waals surface area contributed by atoms with Crippen molar-refractivity contribution in [2.75, 3.05) is 13.2 Å².